The molecule has 1 aliphatic heterocycles. The number of imide groups is 1. The number of alkyl halides is 3. The van der Waals surface area contributed by atoms with Gasteiger partial charge >= 0.3 is 12.2 Å². The van der Waals surface area contributed by atoms with E-state index in [1.54, 1.807) is 10.6 Å². The highest BCUT2D eigenvalue weighted by atomic mass is 19.4. The first-order valence-electron chi connectivity index (χ1n) is 6.80. The summed E-state index contributed by atoms with van der Waals surface area (Å²) in [5.41, 5.74) is -3.43. The number of carbonyl (C=O) groups excluding carboxylic acids is 3. The number of hydrogen-bond acceptors (Lipinski definition) is 4. The van der Waals surface area contributed by atoms with Crippen molar-refractivity contribution in [3.05, 3.63) is 24.2 Å². The van der Waals surface area contributed by atoms with Crippen molar-refractivity contribution in [3.63, 3.8) is 0 Å². The van der Waals surface area contributed by atoms with E-state index in [-0.39, 0.29) is 5.76 Å². The molecule has 0 radical (unpaired) electrons. The molecule has 2 heterocycles. The fourth-order valence-corrected chi connectivity index (χ4v) is 2.26. The first-order valence-corrected chi connectivity index (χ1v) is 6.80. The van der Waals surface area contributed by atoms with Crippen molar-refractivity contribution in [3.8, 4) is 0 Å². The summed E-state index contributed by atoms with van der Waals surface area (Å²) in [6.45, 7) is -0.463. The number of rotatable bonds is 4. The number of halogens is 3. The van der Waals surface area contributed by atoms with Gasteiger partial charge in [0.05, 0.1) is 12.8 Å². The van der Waals surface area contributed by atoms with E-state index in [1.807, 2.05) is 0 Å². The van der Waals surface area contributed by atoms with Gasteiger partial charge < -0.3 is 9.73 Å². The van der Waals surface area contributed by atoms with Crippen LogP contribution >= 0.6 is 0 Å². The lowest BCUT2D eigenvalue weighted by Crippen LogP contribution is -2.69. The average molecular weight is 331 g/mol. The van der Waals surface area contributed by atoms with Gasteiger partial charge in [-0.2, -0.15) is 13.2 Å². The lowest BCUT2D eigenvalue weighted by Gasteiger charge is -2.29. The Bertz CT molecular complexity index is 654. The van der Waals surface area contributed by atoms with Gasteiger partial charge in [0.2, 0.25) is 5.91 Å². The van der Waals surface area contributed by atoms with E-state index < -0.39 is 42.1 Å². The number of urea groups is 1. The molecule has 124 valence electrons. The minimum atomic E-state index is -5.18. The Labute approximate surface area is 127 Å². The van der Waals surface area contributed by atoms with E-state index in [0.29, 0.717) is 17.7 Å². The number of carbonyl (C=O) groups is 3. The van der Waals surface area contributed by atoms with Crippen LogP contribution in [0.5, 0.6) is 0 Å². The molecule has 2 fully saturated rings. The zero-order valence-electron chi connectivity index (χ0n) is 11.6. The highest BCUT2D eigenvalue weighted by molar-refractivity contribution is 6.09. The third kappa shape index (κ3) is 2.53. The Morgan fingerprint density at radius 3 is 2.65 bits per heavy atom. The maximum absolute atomic E-state index is 13.4. The van der Waals surface area contributed by atoms with Crippen molar-refractivity contribution in [2.24, 2.45) is 5.92 Å². The van der Waals surface area contributed by atoms with Gasteiger partial charge in [-0.15, -0.1) is 0 Å². The van der Waals surface area contributed by atoms with Crippen LogP contribution in [-0.4, -0.2) is 34.6 Å². The van der Waals surface area contributed by atoms with Crippen LogP contribution in [0.3, 0.4) is 0 Å². The molecule has 2 N–H and O–H groups in total. The van der Waals surface area contributed by atoms with Crippen molar-refractivity contribution in [2.75, 3.05) is 0 Å². The van der Waals surface area contributed by atoms with Crippen molar-refractivity contribution in [1.82, 2.24) is 15.5 Å². The van der Waals surface area contributed by atoms with E-state index >= 15 is 0 Å². The molecular formula is C13H12F3N3O4. The SMILES string of the molecule is O=C(NC1(C(F)(F)F)NC(=O)N(Cc2ccco2)C1=O)C1CC1. The van der Waals surface area contributed by atoms with E-state index in [0.717, 1.165) is 0 Å². The quantitative estimate of drug-likeness (QED) is 0.809. The fourth-order valence-electron chi connectivity index (χ4n) is 2.26. The van der Waals surface area contributed by atoms with Gasteiger partial charge in [0.25, 0.3) is 11.6 Å². The second-order valence-electron chi connectivity index (χ2n) is 5.41. The van der Waals surface area contributed by atoms with Crippen LogP contribution in [0.25, 0.3) is 0 Å². The molecule has 1 atom stereocenters. The number of nitrogens with one attached hydrogen (secondary N) is 2. The number of hydrogen-bond donors (Lipinski definition) is 2. The molecule has 1 aromatic rings. The van der Waals surface area contributed by atoms with Crippen LogP contribution < -0.4 is 10.6 Å². The van der Waals surface area contributed by atoms with E-state index in [9.17, 15) is 27.6 Å². The highest BCUT2D eigenvalue weighted by Crippen LogP contribution is 2.36. The van der Waals surface area contributed by atoms with Crippen LogP contribution in [0.4, 0.5) is 18.0 Å². The summed E-state index contributed by atoms with van der Waals surface area (Å²) in [5.74, 6) is -2.91. The zero-order valence-corrected chi connectivity index (χ0v) is 11.6. The van der Waals surface area contributed by atoms with Gasteiger partial charge in [0, 0.05) is 5.92 Å². The maximum atomic E-state index is 13.4. The predicted octanol–water partition coefficient (Wildman–Crippen LogP) is 1.12. The van der Waals surface area contributed by atoms with Gasteiger partial charge in [-0.3, -0.25) is 19.8 Å². The van der Waals surface area contributed by atoms with Gasteiger partial charge in [-0.25, -0.2) is 4.79 Å². The molecule has 0 spiro atoms. The molecule has 3 rings (SSSR count). The molecule has 1 unspecified atom stereocenters. The summed E-state index contributed by atoms with van der Waals surface area (Å²) in [5, 5.41) is 3.24. The number of amides is 4. The summed E-state index contributed by atoms with van der Waals surface area (Å²) in [4.78, 5) is 36.2. The number of furan rings is 1. The van der Waals surface area contributed by atoms with Gasteiger partial charge in [-0.05, 0) is 25.0 Å². The summed E-state index contributed by atoms with van der Waals surface area (Å²) < 4.78 is 45.2. The highest BCUT2D eigenvalue weighted by Gasteiger charge is 2.69. The molecule has 10 heteroatoms. The minimum Gasteiger partial charge on any atom is -0.467 e. The molecule has 1 saturated carbocycles. The van der Waals surface area contributed by atoms with Gasteiger partial charge in [0.15, 0.2) is 0 Å². The molecule has 2 aliphatic rings. The Kier molecular flexibility index (Phi) is 3.34. The molecule has 0 bridgehead atoms. The first-order chi connectivity index (χ1) is 10.7. The maximum Gasteiger partial charge on any atom is 0.440 e. The molecule has 1 saturated heterocycles. The second-order valence-corrected chi connectivity index (χ2v) is 5.41. The summed E-state index contributed by atoms with van der Waals surface area (Å²) in [6, 6.07) is 1.64. The minimum absolute atomic E-state index is 0.139. The number of nitrogens with zero attached hydrogens (tertiary/aromatic N) is 1. The third-order valence-electron chi connectivity index (χ3n) is 3.68. The standard InChI is InChI=1S/C13H12F3N3O4/c14-13(15,16)12(17-9(20)7-3-4-7)10(21)19(11(22)18-12)6-8-2-1-5-23-8/h1-2,5,7H,3-4,6H2,(H,17,20)(H,18,22). The van der Waals surface area contributed by atoms with E-state index in [2.05, 4.69) is 0 Å². The smallest absolute Gasteiger partial charge is 0.440 e. The Hall–Kier alpha value is -2.52. The molecule has 23 heavy (non-hydrogen) atoms. The summed E-state index contributed by atoms with van der Waals surface area (Å²) >= 11 is 0. The van der Waals surface area contributed by atoms with E-state index in [1.165, 1.54) is 18.4 Å². The Morgan fingerprint density at radius 1 is 1.43 bits per heavy atom. The van der Waals surface area contributed by atoms with Crippen LogP contribution in [0.1, 0.15) is 18.6 Å². The van der Waals surface area contributed by atoms with Crippen LogP contribution in [0.2, 0.25) is 0 Å². The van der Waals surface area contributed by atoms with Gasteiger partial charge in [-0.1, -0.05) is 0 Å². The van der Waals surface area contributed by atoms with Crippen LogP contribution in [0.15, 0.2) is 22.8 Å². The summed E-state index contributed by atoms with van der Waals surface area (Å²) in [7, 11) is 0. The molecular weight excluding hydrogens is 319 g/mol. The zero-order chi connectivity index (χ0) is 16.8. The second kappa shape index (κ2) is 5.00. The Morgan fingerprint density at radius 2 is 2.13 bits per heavy atom. The monoisotopic (exact) mass is 331 g/mol. The van der Waals surface area contributed by atoms with Crippen LogP contribution in [-0.2, 0) is 16.1 Å². The first kappa shape index (κ1) is 15.4. The van der Waals surface area contributed by atoms with Crippen LogP contribution in [0, 0.1) is 5.92 Å². The molecule has 7 nitrogen and oxygen atoms in total. The van der Waals surface area contributed by atoms with E-state index in [4.69, 9.17) is 4.42 Å². The lowest BCUT2D eigenvalue weighted by atomic mass is 10.1. The average Bonchev–Trinajstić information content (AvgIpc) is 3.14. The topological polar surface area (TPSA) is 91.7 Å². The molecule has 1 aromatic heterocycles. The normalized spacial score (nSPS) is 24.7. The third-order valence-corrected chi connectivity index (χ3v) is 3.68. The molecule has 0 aromatic carbocycles. The summed E-state index contributed by atoms with van der Waals surface area (Å²) in [6.07, 6.45) is -3.00. The van der Waals surface area contributed by atoms with Crippen molar-refractivity contribution >= 4 is 17.8 Å². The predicted molar refractivity (Wildman–Crippen MR) is 67.4 cm³/mol. The lowest BCUT2D eigenvalue weighted by molar-refractivity contribution is -0.204. The largest absolute Gasteiger partial charge is 0.467 e. The molecule has 4 amide bonds. The van der Waals surface area contributed by atoms with Crippen molar-refractivity contribution in [2.45, 2.75) is 31.2 Å². The fraction of sp³-hybridized carbons (Fsp3) is 0.462. The van der Waals surface area contributed by atoms with Crippen molar-refractivity contribution in [1.29, 1.82) is 0 Å². The molecule has 1 aliphatic carbocycles. The van der Waals surface area contributed by atoms with Crippen molar-refractivity contribution < 1.29 is 32.0 Å². The Balaban J connectivity index is 1.88. The van der Waals surface area contributed by atoms with Gasteiger partial charge in [0.1, 0.15) is 5.76 Å².